The number of aliphatic hydroxyl groups excluding tert-OH is 1. The number of carbonyl (C=O) groups is 1. The molecule has 0 heterocycles. The molecule has 188 valence electrons. The fourth-order valence-electron chi connectivity index (χ4n) is 7.09. The van der Waals surface area contributed by atoms with Gasteiger partial charge in [-0.1, -0.05) is 47.6 Å². The normalized spacial score (nSPS) is 34.6. The summed E-state index contributed by atoms with van der Waals surface area (Å²) < 4.78 is 18.4. The van der Waals surface area contributed by atoms with E-state index < -0.39 is 20.0 Å². The third-order valence-electron chi connectivity index (χ3n) is 9.41. The summed E-state index contributed by atoms with van der Waals surface area (Å²) >= 11 is 0. The van der Waals surface area contributed by atoms with Crippen molar-refractivity contribution in [3.8, 4) is 0 Å². The molecule has 0 aromatic heterocycles. The number of methoxy groups -OCH3 is 2. The molecule has 1 unspecified atom stereocenters. The van der Waals surface area contributed by atoms with Gasteiger partial charge in [-0.15, -0.1) is 0 Å². The van der Waals surface area contributed by atoms with E-state index in [0.717, 1.165) is 61.4 Å². The lowest BCUT2D eigenvalue weighted by molar-refractivity contribution is -0.138. The van der Waals surface area contributed by atoms with Crippen molar-refractivity contribution in [3.63, 3.8) is 0 Å². The Morgan fingerprint density at radius 1 is 1.15 bits per heavy atom. The van der Waals surface area contributed by atoms with Crippen LogP contribution in [0.25, 0.3) is 0 Å². The zero-order valence-corrected chi connectivity index (χ0v) is 23.1. The van der Waals surface area contributed by atoms with Gasteiger partial charge in [0.1, 0.15) is 0 Å². The summed E-state index contributed by atoms with van der Waals surface area (Å²) in [7, 11) is 1.12. The Hall–Kier alpha value is -0.953. The van der Waals surface area contributed by atoms with E-state index in [9.17, 15) is 9.90 Å². The number of ether oxygens (including phenoxy) is 2. The highest BCUT2D eigenvalue weighted by atomic mass is 28.4. The molecule has 6 heteroatoms. The number of carbonyl (C=O) groups excluding carboxylic acids is 1. The second-order valence-electron chi connectivity index (χ2n) is 11.0. The van der Waals surface area contributed by atoms with Gasteiger partial charge >= 0.3 is 5.97 Å². The second-order valence-corrected chi connectivity index (χ2v) is 15.7. The molecule has 0 saturated heterocycles. The monoisotopic (exact) mass is 478 g/mol. The Bertz CT molecular complexity index is 790. The van der Waals surface area contributed by atoms with Crippen LogP contribution >= 0.6 is 0 Å². The average molecular weight is 479 g/mol. The lowest BCUT2D eigenvalue weighted by atomic mass is 9.68. The largest absolute Gasteiger partial charge is 0.466 e. The second kappa shape index (κ2) is 9.96. The first-order valence-electron chi connectivity index (χ1n) is 13.0. The van der Waals surface area contributed by atoms with E-state index in [1.165, 1.54) is 7.11 Å². The van der Waals surface area contributed by atoms with E-state index in [1.807, 2.05) is 0 Å². The summed E-state index contributed by atoms with van der Waals surface area (Å²) in [5, 5.41) is 11.2. The van der Waals surface area contributed by atoms with Crippen molar-refractivity contribution in [3.05, 3.63) is 22.8 Å². The minimum absolute atomic E-state index is 0.104. The van der Waals surface area contributed by atoms with E-state index in [4.69, 9.17) is 13.9 Å². The van der Waals surface area contributed by atoms with Crippen molar-refractivity contribution in [2.24, 2.45) is 17.3 Å². The Kier molecular flexibility index (Phi) is 8.04. The third kappa shape index (κ3) is 4.41. The number of hydrogen-bond donors (Lipinski definition) is 1. The number of fused-ring (bicyclic) bond motifs is 2. The molecule has 3 aliphatic rings. The van der Waals surface area contributed by atoms with Crippen LogP contribution < -0.4 is 0 Å². The summed E-state index contributed by atoms with van der Waals surface area (Å²) in [5.74, 6) is 0.542. The van der Waals surface area contributed by atoms with Crippen molar-refractivity contribution in [2.45, 2.75) is 110 Å². The highest BCUT2D eigenvalue weighted by Gasteiger charge is 2.55. The zero-order chi connectivity index (χ0) is 24.6. The first-order chi connectivity index (χ1) is 15.6. The molecule has 0 bridgehead atoms. The number of esters is 1. The summed E-state index contributed by atoms with van der Waals surface area (Å²) in [5.41, 5.74) is 1.95. The maximum atomic E-state index is 13.1. The Morgan fingerprint density at radius 3 is 2.30 bits per heavy atom. The van der Waals surface area contributed by atoms with Crippen LogP contribution in [-0.2, 0) is 18.7 Å². The van der Waals surface area contributed by atoms with E-state index >= 15 is 0 Å². The standard InChI is InChI=1S/C27H46O5Si/c1-9-33(10-2,11-3)32-27-13-12-23(30-7)24(25(29)31-8)21(27)16-20-22(28)17-19(18(4)5)26(20,6)14-15-27/h16,18-19,22-23,28H,9-15,17H2,1-8H3/t19-,22+,23+,26-,27?/m1/s1. The molecule has 0 spiro atoms. The van der Waals surface area contributed by atoms with Crippen LogP contribution in [0.5, 0.6) is 0 Å². The van der Waals surface area contributed by atoms with Crippen LogP contribution in [0.1, 0.15) is 73.6 Å². The van der Waals surface area contributed by atoms with Gasteiger partial charge in [-0.3, -0.25) is 0 Å². The van der Waals surface area contributed by atoms with Crippen molar-refractivity contribution in [2.75, 3.05) is 14.2 Å². The van der Waals surface area contributed by atoms with Crippen LogP contribution in [0.4, 0.5) is 0 Å². The van der Waals surface area contributed by atoms with Gasteiger partial charge < -0.3 is 19.0 Å². The molecule has 0 aromatic rings. The summed E-state index contributed by atoms with van der Waals surface area (Å²) in [6.45, 7) is 13.6. The highest BCUT2D eigenvalue weighted by Crippen LogP contribution is 2.59. The van der Waals surface area contributed by atoms with E-state index in [-0.39, 0.29) is 17.5 Å². The van der Waals surface area contributed by atoms with Crippen molar-refractivity contribution < 1.29 is 23.8 Å². The molecule has 1 saturated carbocycles. The van der Waals surface area contributed by atoms with Crippen LogP contribution in [0, 0.1) is 17.3 Å². The van der Waals surface area contributed by atoms with Gasteiger partial charge in [-0.05, 0) is 78.6 Å². The van der Waals surface area contributed by atoms with Gasteiger partial charge in [-0.2, -0.15) is 0 Å². The van der Waals surface area contributed by atoms with Crippen molar-refractivity contribution in [1.82, 2.24) is 0 Å². The molecule has 33 heavy (non-hydrogen) atoms. The number of aliphatic hydroxyl groups is 1. The maximum Gasteiger partial charge on any atom is 0.336 e. The minimum atomic E-state index is -1.99. The smallest absolute Gasteiger partial charge is 0.336 e. The molecule has 0 amide bonds. The van der Waals surface area contributed by atoms with Crippen LogP contribution in [0.2, 0.25) is 18.1 Å². The molecular weight excluding hydrogens is 432 g/mol. The molecule has 3 rings (SSSR count). The molecule has 1 N–H and O–H groups in total. The van der Waals surface area contributed by atoms with Gasteiger partial charge in [-0.25, -0.2) is 4.79 Å². The molecule has 3 aliphatic carbocycles. The van der Waals surface area contributed by atoms with Crippen molar-refractivity contribution >= 4 is 14.3 Å². The lowest BCUT2D eigenvalue weighted by Crippen LogP contribution is -2.51. The minimum Gasteiger partial charge on any atom is -0.466 e. The topological polar surface area (TPSA) is 65.0 Å². The van der Waals surface area contributed by atoms with Crippen molar-refractivity contribution in [1.29, 1.82) is 0 Å². The number of hydrogen-bond acceptors (Lipinski definition) is 5. The summed E-state index contributed by atoms with van der Waals surface area (Å²) in [4.78, 5) is 13.1. The Morgan fingerprint density at radius 2 is 1.79 bits per heavy atom. The van der Waals surface area contributed by atoms with E-state index in [2.05, 4.69) is 47.6 Å². The summed E-state index contributed by atoms with van der Waals surface area (Å²) in [6.07, 6.45) is 5.51. The van der Waals surface area contributed by atoms with Gasteiger partial charge in [0.15, 0.2) is 8.32 Å². The summed E-state index contributed by atoms with van der Waals surface area (Å²) in [6, 6.07) is 3.17. The molecule has 5 atom stereocenters. The lowest BCUT2D eigenvalue weighted by Gasteiger charge is -2.47. The predicted octanol–water partition coefficient (Wildman–Crippen LogP) is 5.79. The van der Waals surface area contributed by atoms with Gasteiger partial charge in [0.2, 0.25) is 0 Å². The first kappa shape index (κ1) is 26.6. The Balaban J connectivity index is 2.28. The SMILES string of the molecule is CC[Si](CC)(CC)OC12CC[C@H](OC)C(C(=O)OC)=C1C=C1[C@@H](O)C[C@H](C(C)C)[C@@]1(C)CC2. The predicted molar refractivity (Wildman–Crippen MR) is 134 cm³/mol. The molecular formula is C27H46O5Si. The average Bonchev–Trinajstić information content (AvgIpc) is 2.98. The fraction of sp³-hybridized carbons (Fsp3) is 0.815. The maximum absolute atomic E-state index is 13.1. The third-order valence-corrected chi connectivity index (χ3v) is 14.1. The quantitative estimate of drug-likeness (QED) is 0.353. The van der Waals surface area contributed by atoms with E-state index in [0.29, 0.717) is 17.4 Å². The number of rotatable bonds is 8. The van der Waals surface area contributed by atoms with Gasteiger partial charge in [0, 0.05) is 7.11 Å². The molecule has 0 aliphatic heterocycles. The highest BCUT2D eigenvalue weighted by molar-refractivity contribution is 6.73. The molecule has 0 aromatic carbocycles. The van der Waals surface area contributed by atoms with Gasteiger partial charge in [0.05, 0.1) is 30.5 Å². The van der Waals surface area contributed by atoms with Crippen LogP contribution in [0.3, 0.4) is 0 Å². The first-order valence-corrected chi connectivity index (χ1v) is 15.6. The van der Waals surface area contributed by atoms with Crippen LogP contribution in [-0.4, -0.2) is 51.4 Å². The molecule has 0 radical (unpaired) electrons. The molecule has 5 nitrogen and oxygen atoms in total. The van der Waals surface area contributed by atoms with E-state index in [1.54, 1.807) is 7.11 Å². The fourth-order valence-corrected chi connectivity index (χ4v) is 10.2. The molecule has 1 fully saturated rings. The Labute approximate surface area is 202 Å². The zero-order valence-electron chi connectivity index (χ0n) is 22.1. The van der Waals surface area contributed by atoms with Crippen LogP contribution in [0.15, 0.2) is 22.8 Å². The van der Waals surface area contributed by atoms with Gasteiger partial charge in [0.25, 0.3) is 0 Å².